The fraction of sp³-hybridized carbons (Fsp3) is 0.667. The van der Waals surface area contributed by atoms with E-state index in [0.717, 1.165) is 12.8 Å². The van der Waals surface area contributed by atoms with E-state index >= 15 is 0 Å². The summed E-state index contributed by atoms with van der Waals surface area (Å²) >= 11 is 5.81. The van der Waals surface area contributed by atoms with Crippen molar-refractivity contribution in [3.8, 4) is 11.8 Å². The van der Waals surface area contributed by atoms with Crippen molar-refractivity contribution in [2.45, 2.75) is 44.4 Å². The normalized spacial score (nSPS) is 25.7. The summed E-state index contributed by atoms with van der Waals surface area (Å²) in [6.07, 6.45) is 10.3. The quantitative estimate of drug-likeness (QED) is 0.365. The van der Waals surface area contributed by atoms with Gasteiger partial charge in [0, 0.05) is 11.3 Å². The van der Waals surface area contributed by atoms with Crippen molar-refractivity contribution in [1.82, 2.24) is 0 Å². The minimum Gasteiger partial charge on any atom is -0.122 e. The molecule has 0 N–H and O–H groups in total. The zero-order valence-electron chi connectivity index (χ0n) is 8.22. The molecule has 0 aromatic carbocycles. The Labute approximate surface area is 86.4 Å². The van der Waals surface area contributed by atoms with Crippen molar-refractivity contribution in [1.29, 1.82) is 0 Å². The van der Waals surface area contributed by atoms with Crippen LogP contribution in [0.3, 0.4) is 0 Å². The van der Waals surface area contributed by atoms with Crippen molar-refractivity contribution < 1.29 is 0 Å². The van der Waals surface area contributed by atoms with Crippen molar-refractivity contribution in [3.63, 3.8) is 0 Å². The third-order valence-corrected chi connectivity index (χ3v) is 2.64. The first-order valence-electron chi connectivity index (χ1n) is 5.14. The van der Waals surface area contributed by atoms with Crippen molar-refractivity contribution in [3.05, 3.63) is 12.2 Å². The monoisotopic (exact) mass is 196 g/mol. The second-order valence-electron chi connectivity index (χ2n) is 3.55. The maximum atomic E-state index is 5.81. The van der Waals surface area contributed by atoms with Gasteiger partial charge in [0.25, 0.3) is 0 Å². The summed E-state index contributed by atoms with van der Waals surface area (Å²) in [5, 5.41) is 0.334. The van der Waals surface area contributed by atoms with Gasteiger partial charge >= 0.3 is 0 Å². The molecule has 0 aromatic rings. The molecule has 1 saturated carbocycles. The Bertz CT molecular complexity index is 219. The molecule has 2 atom stereocenters. The average molecular weight is 197 g/mol. The van der Waals surface area contributed by atoms with Gasteiger partial charge in [-0.15, -0.1) is 11.6 Å². The highest BCUT2D eigenvalue weighted by molar-refractivity contribution is 6.22. The number of rotatable bonds is 4. The first kappa shape index (κ1) is 10.7. The highest BCUT2D eigenvalue weighted by Gasteiger charge is 2.33. The van der Waals surface area contributed by atoms with E-state index in [0.29, 0.717) is 11.3 Å². The van der Waals surface area contributed by atoms with Crippen LogP contribution < -0.4 is 0 Å². The second-order valence-corrected chi connectivity index (χ2v) is 4.11. The van der Waals surface area contributed by atoms with E-state index in [1.807, 2.05) is 6.08 Å². The van der Waals surface area contributed by atoms with Gasteiger partial charge in [0.1, 0.15) is 0 Å². The second kappa shape index (κ2) is 6.11. The summed E-state index contributed by atoms with van der Waals surface area (Å²) in [6.45, 7) is 2.22. The molecule has 0 heterocycles. The molecule has 72 valence electrons. The molecular formula is C12H17Cl. The molecule has 1 heteroatoms. The lowest BCUT2D eigenvalue weighted by molar-refractivity contribution is 0.729. The van der Waals surface area contributed by atoms with Crippen LogP contribution >= 0.6 is 11.6 Å². The van der Waals surface area contributed by atoms with Gasteiger partial charge in [-0.2, -0.15) is 0 Å². The van der Waals surface area contributed by atoms with Gasteiger partial charge in [-0.3, -0.25) is 0 Å². The van der Waals surface area contributed by atoms with Crippen LogP contribution in [-0.2, 0) is 0 Å². The van der Waals surface area contributed by atoms with Gasteiger partial charge in [0.15, 0.2) is 0 Å². The van der Waals surface area contributed by atoms with Crippen molar-refractivity contribution in [2.75, 3.05) is 0 Å². The molecule has 0 aliphatic heterocycles. The maximum absolute atomic E-state index is 5.81. The van der Waals surface area contributed by atoms with Crippen LogP contribution in [0.5, 0.6) is 0 Å². The Kier molecular flexibility index (Phi) is 5.01. The van der Waals surface area contributed by atoms with Gasteiger partial charge in [0.05, 0.1) is 0 Å². The van der Waals surface area contributed by atoms with Crippen LogP contribution in [-0.4, -0.2) is 5.38 Å². The highest BCUT2D eigenvalue weighted by atomic mass is 35.5. The van der Waals surface area contributed by atoms with E-state index in [9.17, 15) is 0 Å². The summed E-state index contributed by atoms with van der Waals surface area (Å²) in [7, 11) is 0. The Morgan fingerprint density at radius 1 is 1.46 bits per heavy atom. The van der Waals surface area contributed by atoms with E-state index in [1.54, 1.807) is 0 Å². The lowest BCUT2D eigenvalue weighted by Crippen LogP contribution is -1.71. The van der Waals surface area contributed by atoms with Gasteiger partial charge in [0.2, 0.25) is 0 Å². The topological polar surface area (TPSA) is 0 Å². The zero-order valence-corrected chi connectivity index (χ0v) is 8.98. The predicted molar refractivity (Wildman–Crippen MR) is 58.8 cm³/mol. The summed E-state index contributed by atoms with van der Waals surface area (Å²) < 4.78 is 0. The third-order valence-electron chi connectivity index (χ3n) is 2.16. The molecule has 1 aliphatic rings. The van der Waals surface area contributed by atoms with Gasteiger partial charge in [-0.1, -0.05) is 37.7 Å². The Morgan fingerprint density at radius 2 is 2.23 bits per heavy atom. The molecule has 1 fully saturated rings. The number of hydrogen-bond donors (Lipinski definition) is 0. The number of alkyl halides is 1. The third kappa shape index (κ3) is 5.01. The van der Waals surface area contributed by atoms with E-state index in [-0.39, 0.29) is 0 Å². The van der Waals surface area contributed by atoms with E-state index in [2.05, 4.69) is 24.8 Å². The van der Waals surface area contributed by atoms with E-state index in [1.165, 1.54) is 19.3 Å². The van der Waals surface area contributed by atoms with E-state index < -0.39 is 0 Å². The summed E-state index contributed by atoms with van der Waals surface area (Å²) in [4.78, 5) is 0. The van der Waals surface area contributed by atoms with Crippen LogP contribution in [0.2, 0.25) is 0 Å². The number of hydrogen-bond acceptors (Lipinski definition) is 0. The summed E-state index contributed by atoms with van der Waals surface area (Å²) in [5.41, 5.74) is 0. The fourth-order valence-corrected chi connectivity index (χ4v) is 1.38. The molecule has 1 rings (SSSR count). The lowest BCUT2D eigenvalue weighted by Gasteiger charge is -1.89. The summed E-state index contributed by atoms with van der Waals surface area (Å²) in [6, 6.07) is 0. The standard InChI is InChI=1S/C12H17Cl/c1-2-3-4-5-6-7-8-9-11-10-12(11)13/h6-7,11-12H,2-5,10H2,1H3/b7-6+/t11-,12-/m1/s1. The molecule has 0 radical (unpaired) electrons. The lowest BCUT2D eigenvalue weighted by atomic mass is 10.2. The van der Waals surface area contributed by atoms with Crippen LogP contribution in [0.15, 0.2) is 12.2 Å². The van der Waals surface area contributed by atoms with Crippen molar-refractivity contribution in [2.24, 2.45) is 5.92 Å². The maximum Gasteiger partial charge on any atom is 0.0486 e. The minimum absolute atomic E-state index is 0.334. The van der Waals surface area contributed by atoms with Gasteiger partial charge < -0.3 is 0 Å². The number of allylic oxidation sites excluding steroid dienone is 2. The molecule has 0 spiro atoms. The van der Waals surface area contributed by atoms with E-state index in [4.69, 9.17) is 11.6 Å². The molecule has 13 heavy (non-hydrogen) atoms. The van der Waals surface area contributed by atoms with Gasteiger partial charge in [-0.25, -0.2) is 0 Å². The number of halogens is 1. The molecule has 1 aliphatic carbocycles. The Morgan fingerprint density at radius 3 is 2.85 bits per heavy atom. The molecule has 0 bridgehead atoms. The Hall–Kier alpha value is -0.410. The zero-order chi connectivity index (χ0) is 9.52. The predicted octanol–water partition coefficient (Wildman–Crippen LogP) is 3.75. The molecule has 0 unspecified atom stereocenters. The first-order chi connectivity index (χ1) is 6.34. The van der Waals surface area contributed by atoms with Crippen LogP contribution in [0.1, 0.15) is 39.0 Å². The van der Waals surface area contributed by atoms with Gasteiger partial charge in [-0.05, 0) is 25.3 Å². The highest BCUT2D eigenvalue weighted by Crippen LogP contribution is 2.34. The SMILES string of the molecule is CCCCC/C=C/C#C[C@@H]1C[C@H]1Cl. The minimum atomic E-state index is 0.334. The molecule has 0 nitrogen and oxygen atoms in total. The van der Waals surface area contributed by atoms with Crippen LogP contribution in [0, 0.1) is 17.8 Å². The molecular weight excluding hydrogens is 180 g/mol. The molecule has 0 saturated heterocycles. The van der Waals surface area contributed by atoms with Crippen LogP contribution in [0.25, 0.3) is 0 Å². The first-order valence-corrected chi connectivity index (χ1v) is 5.58. The Balaban J connectivity index is 1.99. The number of unbranched alkanes of at least 4 members (excludes halogenated alkanes) is 3. The smallest absolute Gasteiger partial charge is 0.0486 e. The van der Waals surface area contributed by atoms with Crippen molar-refractivity contribution >= 4 is 11.6 Å². The largest absolute Gasteiger partial charge is 0.122 e. The average Bonchev–Trinajstić information content (AvgIpc) is 2.81. The fourth-order valence-electron chi connectivity index (χ4n) is 1.12. The van der Waals surface area contributed by atoms with Crippen LogP contribution in [0.4, 0.5) is 0 Å². The summed E-state index contributed by atoms with van der Waals surface area (Å²) in [5.74, 6) is 6.64. The molecule has 0 aromatic heterocycles. The molecule has 0 amide bonds.